The summed E-state index contributed by atoms with van der Waals surface area (Å²) in [5.74, 6) is 0. The molecular weight excluding hydrogens is 703 g/mol. The Labute approximate surface area is 312 Å². The monoisotopic (exact) mass is 738 g/mol. The summed E-state index contributed by atoms with van der Waals surface area (Å²) in [7, 11) is 0. The molecule has 8 aromatic rings. The van der Waals surface area contributed by atoms with Gasteiger partial charge in [0.1, 0.15) is 0 Å². The number of halogens is 2. The molecule has 0 N–H and O–H groups in total. The van der Waals surface area contributed by atoms with Crippen LogP contribution in [0.15, 0.2) is 170 Å². The molecule has 8 aromatic carbocycles. The molecule has 0 amide bonds. The van der Waals surface area contributed by atoms with Crippen LogP contribution in [0.25, 0.3) is 43.4 Å². The van der Waals surface area contributed by atoms with E-state index in [0.29, 0.717) is 0 Å². The fourth-order valence-corrected chi connectivity index (χ4v) is 6.70. The number of fused-ring (bicyclic) bond motifs is 4. The average molecular weight is 741 g/mol. The van der Waals surface area contributed by atoms with Crippen molar-refractivity contribution in [2.75, 3.05) is 0 Å². The molecule has 8 rings (SSSR count). The van der Waals surface area contributed by atoms with Gasteiger partial charge in [0.2, 0.25) is 0 Å². The maximum atomic E-state index is 2.32. The Morgan fingerprint density at radius 1 is 0.479 bits per heavy atom. The zero-order valence-electron chi connectivity index (χ0n) is 27.3. The molecule has 0 aliphatic carbocycles. The smallest absolute Gasteiger partial charge is 0.0635 e. The van der Waals surface area contributed by atoms with Crippen molar-refractivity contribution in [2.45, 2.75) is 26.7 Å². The van der Waals surface area contributed by atoms with Crippen LogP contribution in [0.1, 0.15) is 36.1 Å². The summed E-state index contributed by atoms with van der Waals surface area (Å²) in [4.78, 5) is 0. The van der Waals surface area contributed by atoms with E-state index >= 15 is 0 Å². The van der Waals surface area contributed by atoms with Crippen molar-refractivity contribution in [1.29, 1.82) is 0 Å². The first-order chi connectivity index (χ1) is 22.6. The van der Waals surface area contributed by atoms with Gasteiger partial charge in [0.15, 0.2) is 0 Å². The number of benzene rings is 6. The van der Waals surface area contributed by atoms with Gasteiger partial charge in [-0.15, -0.1) is 74.3 Å². The topological polar surface area (TPSA) is 0 Å². The predicted octanol–water partition coefficient (Wildman–Crippen LogP) is 5.87. The van der Waals surface area contributed by atoms with Crippen molar-refractivity contribution in [3.8, 4) is 11.1 Å². The normalized spacial score (nSPS) is 10.2. The van der Waals surface area contributed by atoms with E-state index in [1.165, 1.54) is 93.1 Å². The molecule has 0 saturated carbocycles. The van der Waals surface area contributed by atoms with E-state index < -0.39 is 0 Å². The number of rotatable bonds is 5. The largest absolute Gasteiger partial charge is 0.145 e. The van der Waals surface area contributed by atoms with Crippen LogP contribution in [0, 0.1) is 0 Å². The third kappa shape index (κ3) is 8.97. The molecule has 0 saturated heterocycles. The van der Waals surface area contributed by atoms with Crippen molar-refractivity contribution in [3.05, 3.63) is 192 Å². The molecule has 0 unspecified atom stereocenters. The quantitative estimate of drug-likeness (QED) is 0.194. The maximum Gasteiger partial charge on any atom is -0.0635 e. The molecular formula is C45H38Cl2Zr-2. The molecule has 238 valence electrons. The second-order valence-corrected chi connectivity index (χ2v) is 12.8. The summed E-state index contributed by atoms with van der Waals surface area (Å²) in [6.45, 7) is 4.41. The van der Waals surface area contributed by atoms with E-state index in [2.05, 4.69) is 178 Å². The average Bonchev–Trinajstić information content (AvgIpc) is 3.74. The Kier molecular flexibility index (Phi) is 13.9. The number of aryl methyl sites for hydroxylation is 2. The van der Waals surface area contributed by atoms with Gasteiger partial charge in [-0.3, -0.25) is 0 Å². The third-order valence-electron chi connectivity index (χ3n) is 8.50. The first-order valence-corrected chi connectivity index (χ1v) is 17.4. The molecule has 0 aromatic heterocycles. The van der Waals surface area contributed by atoms with Crippen LogP contribution in [0.4, 0.5) is 0 Å². The number of hydrogen-bond acceptors (Lipinski definition) is 0. The van der Waals surface area contributed by atoms with Gasteiger partial charge < -0.3 is 24.8 Å². The first kappa shape index (κ1) is 37.0. The minimum absolute atomic E-state index is 0. The maximum absolute atomic E-state index is 2.32. The van der Waals surface area contributed by atoms with Gasteiger partial charge in [0.25, 0.3) is 0 Å². The van der Waals surface area contributed by atoms with Gasteiger partial charge in [0, 0.05) is 0 Å². The zero-order valence-corrected chi connectivity index (χ0v) is 31.3. The predicted molar refractivity (Wildman–Crippen MR) is 197 cm³/mol. The Balaban J connectivity index is 0.000000160. The Hall–Kier alpha value is -3.87. The van der Waals surface area contributed by atoms with E-state index in [1.807, 2.05) is 6.07 Å². The Morgan fingerprint density at radius 2 is 0.938 bits per heavy atom. The third-order valence-corrected chi connectivity index (χ3v) is 9.92. The molecule has 0 spiro atoms. The second-order valence-electron chi connectivity index (χ2n) is 11.5. The molecule has 0 radical (unpaired) electrons. The summed E-state index contributed by atoms with van der Waals surface area (Å²) in [6.07, 6.45) is 2.22. The summed E-state index contributed by atoms with van der Waals surface area (Å²) < 4.78 is 1.42. The molecule has 0 bridgehead atoms. The Bertz CT molecular complexity index is 2040. The Morgan fingerprint density at radius 3 is 1.42 bits per heavy atom. The molecule has 0 aliphatic rings. The van der Waals surface area contributed by atoms with Gasteiger partial charge in [0.05, 0.1) is 0 Å². The molecule has 0 fully saturated rings. The van der Waals surface area contributed by atoms with E-state index in [-0.39, 0.29) is 24.8 Å². The molecule has 0 aliphatic heterocycles. The van der Waals surface area contributed by atoms with Gasteiger partial charge in [-0.1, -0.05) is 103 Å². The van der Waals surface area contributed by atoms with Gasteiger partial charge >= 0.3 is 99.2 Å². The number of hydrogen-bond donors (Lipinski definition) is 0. The van der Waals surface area contributed by atoms with Crippen LogP contribution >= 0.6 is 0 Å². The van der Waals surface area contributed by atoms with Crippen molar-refractivity contribution in [1.82, 2.24) is 0 Å². The fourth-order valence-electron chi connectivity index (χ4n) is 5.89. The van der Waals surface area contributed by atoms with Crippen LogP contribution in [0.3, 0.4) is 0 Å². The van der Waals surface area contributed by atoms with Crippen LogP contribution in [0.2, 0.25) is 0 Å². The fraction of sp³-hybridized carbons (Fsp3) is 0.0889. The SMILES string of the molecule is CCc1ccc2c(c1)[cH-]c1cc(CC)ccc12.[Cl-].[Cl-].[Zr+2]=[C](c1ccccc1)c1ccccc1.c1ccc(-c2cc3ccccc3[cH-]2)cc1. The molecule has 3 heteroatoms. The molecule has 0 heterocycles. The van der Waals surface area contributed by atoms with Crippen LogP contribution < -0.4 is 24.8 Å². The summed E-state index contributed by atoms with van der Waals surface area (Å²) in [5, 5.41) is 8.17. The van der Waals surface area contributed by atoms with E-state index in [9.17, 15) is 0 Å². The molecule has 0 nitrogen and oxygen atoms in total. The minimum Gasteiger partial charge on any atom is -0.145 e. The van der Waals surface area contributed by atoms with Gasteiger partial charge in [-0.2, -0.15) is 0 Å². The van der Waals surface area contributed by atoms with E-state index in [4.69, 9.17) is 0 Å². The van der Waals surface area contributed by atoms with E-state index in [1.54, 1.807) is 0 Å². The van der Waals surface area contributed by atoms with Crippen LogP contribution in [-0.2, 0) is 37.1 Å². The standard InChI is InChI=1S/C17H17.C15H11.C13H10.2ClH.Zr/c1-3-12-5-7-16-14(9-12)11-15-10-13(4-2)6-8-17(15)16;1-2-6-12(7-3-1)15-10-13-8-4-5-9-14(13)11-15;1-3-7-12(8-4-1)11-13-9-5-2-6-10-13;;;/h5-11H,3-4H2,1-2H3;1-11H;1-10H;2*1H;/q2*-1;;;;+2/p-2. The van der Waals surface area contributed by atoms with Crippen LogP contribution in [0.5, 0.6) is 0 Å². The van der Waals surface area contributed by atoms with Crippen molar-refractivity contribution in [3.63, 3.8) is 0 Å². The van der Waals surface area contributed by atoms with Crippen molar-refractivity contribution in [2.24, 2.45) is 0 Å². The summed E-state index contributed by atoms with van der Waals surface area (Å²) in [6, 6.07) is 60.5. The zero-order chi connectivity index (χ0) is 31.7. The minimum atomic E-state index is 0. The van der Waals surface area contributed by atoms with Gasteiger partial charge in [-0.05, 0) is 12.8 Å². The van der Waals surface area contributed by atoms with Crippen molar-refractivity contribution < 1.29 is 49.0 Å². The van der Waals surface area contributed by atoms with E-state index in [0.717, 1.165) is 12.8 Å². The molecule has 48 heavy (non-hydrogen) atoms. The summed E-state index contributed by atoms with van der Waals surface area (Å²) in [5.41, 5.74) is 8.09. The second kappa shape index (κ2) is 18.0. The summed E-state index contributed by atoms with van der Waals surface area (Å²) >= 11 is 1.46. The first-order valence-electron chi connectivity index (χ1n) is 16.1. The van der Waals surface area contributed by atoms with Gasteiger partial charge in [-0.25, -0.2) is 0 Å². The van der Waals surface area contributed by atoms with Crippen molar-refractivity contribution >= 4 is 35.5 Å². The van der Waals surface area contributed by atoms with Crippen LogP contribution in [-0.4, -0.2) is 3.21 Å². The molecule has 0 atom stereocenters.